The Morgan fingerprint density at radius 1 is 1.40 bits per heavy atom. The number of H-pyrrole nitrogens is 1. The summed E-state index contributed by atoms with van der Waals surface area (Å²) < 4.78 is 13.4. The van der Waals surface area contributed by atoms with Gasteiger partial charge in [0.2, 0.25) is 4.77 Å². The second kappa shape index (κ2) is 7.67. The Balaban J connectivity index is 1.66. The molecule has 1 N–H and O–H groups in total. The summed E-state index contributed by atoms with van der Waals surface area (Å²) in [5.41, 5.74) is 0.968. The molecule has 0 aliphatic carbocycles. The van der Waals surface area contributed by atoms with Crippen LogP contribution in [0.4, 0.5) is 0 Å². The summed E-state index contributed by atoms with van der Waals surface area (Å²) in [7, 11) is 0. The smallest absolute Gasteiger partial charge is 0.216 e. The first-order valence-corrected chi connectivity index (χ1v) is 8.53. The molecular formula is C17H17ClN4O2S. The van der Waals surface area contributed by atoms with Crippen molar-refractivity contribution in [3.63, 3.8) is 0 Å². The van der Waals surface area contributed by atoms with E-state index in [9.17, 15) is 0 Å². The third kappa shape index (κ3) is 4.18. The minimum Gasteiger partial charge on any atom is -0.486 e. The highest BCUT2D eigenvalue weighted by molar-refractivity contribution is 7.71. The van der Waals surface area contributed by atoms with Crippen molar-refractivity contribution in [3.05, 3.63) is 63.0 Å². The van der Waals surface area contributed by atoms with Crippen molar-refractivity contribution in [2.24, 2.45) is 5.10 Å². The van der Waals surface area contributed by atoms with E-state index in [2.05, 4.69) is 15.3 Å². The molecule has 3 rings (SSSR count). The van der Waals surface area contributed by atoms with Gasteiger partial charge in [0.05, 0.1) is 6.21 Å². The number of hydrogen-bond donors (Lipinski definition) is 1. The maximum absolute atomic E-state index is 6.01. The highest BCUT2D eigenvalue weighted by Gasteiger charge is 2.05. The maximum Gasteiger partial charge on any atom is 0.216 e. The Labute approximate surface area is 155 Å². The van der Waals surface area contributed by atoms with E-state index in [1.54, 1.807) is 10.9 Å². The highest BCUT2D eigenvalue weighted by atomic mass is 35.5. The zero-order valence-electron chi connectivity index (χ0n) is 13.8. The van der Waals surface area contributed by atoms with Crippen LogP contribution in [-0.2, 0) is 13.0 Å². The van der Waals surface area contributed by atoms with Gasteiger partial charge < -0.3 is 9.15 Å². The van der Waals surface area contributed by atoms with E-state index in [1.165, 1.54) is 0 Å². The van der Waals surface area contributed by atoms with E-state index in [0.29, 0.717) is 27.9 Å². The zero-order chi connectivity index (χ0) is 17.8. The molecule has 3 aromatic rings. The lowest BCUT2D eigenvalue weighted by Gasteiger charge is -2.05. The van der Waals surface area contributed by atoms with Crippen molar-refractivity contribution in [1.82, 2.24) is 14.9 Å². The molecule has 130 valence electrons. The number of hydrogen-bond acceptors (Lipinski definition) is 5. The lowest BCUT2D eigenvalue weighted by atomic mass is 10.2. The minimum absolute atomic E-state index is 0.320. The first-order valence-electron chi connectivity index (χ1n) is 7.75. The lowest BCUT2D eigenvalue weighted by Crippen LogP contribution is -1.97. The van der Waals surface area contributed by atoms with Gasteiger partial charge in [0.1, 0.15) is 23.9 Å². The second-order valence-corrected chi connectivity index (χ2v) is 6.15. The van der Waals surface area contributed by atoms with Crippen molar-refractivity contribution >= 4 is 30.0 Å². The van der Waals surface area contributed by atoms with Crippen molar-refractivity contribution < 1.29 is 9.15 Å². The fraction of sp³-hybridized carbons (Fsp3) is 0.235. The quantitative estimate of drug-likeness (QED) is 0.507. The molecule has 6 nitrogen and oxygen atoms in total. The molecule has 0 saturated carbocycles. The van der Waals surface area contributed by atoms with Crippen LogP contribution in [0, 0.1) is 11.7 Å². The van der Waals surface area contributed by atoms with Crippen LogP contribution < -0.4 is 4.74 Å². The summed E-state index contributed by atoms with van der Waals surface area (Å²) in [6, 6.07) is 9.20. The summed E-state index contributed by atoms with van der Waals surface area (Å²) in [5.74, 6) is 2.80. The number of benzene rings is 1. The number of rotatable bonds is 6. The molecule has 1 aromatic carbocycles. The van der Waals surface area contributed by atoms with E-state index >= 15 is 0 Å². The minimum atomic E-state index is 0.320. The zero-order valence-corrected chi connectivity index (χ0v) is 15.4. The molecule has 0 saturated heterocycles. The molecule has 0 unspecified atom stereocenters. The van der Waals surface area contributed by atoms with Gasteiger partial charge in [-0.3, -0.25) is 5.10 Å². The molecule has 2 heterocycles. The molecular weight excluding hydrogens is 360 g/mol. The fourth-order valence-electron chi connectivity index (χ4n) is 2.19. The third-order valence-corrected chi connectivity index (χ3v) is 4.22. The number of aryl methyl sites for hydroxylation is 2. The van der Waals surface area contributed by atoms with Crippen LogP contribution in [0.5, 0.6) is 5.75 Å². The molecule has 0 aliphatic heterocycles. The number of nitrogens with zero attached hydrogens (tertiary/aromatic N) is 3. The number of ether oxygens (including phenoxy) is 1. The maximum atomic E-state index is 6.01. The van der Waals surface area contributed by atoms with Gasteiger partial charge >= 0.3 is 0 Å². The number of aromatic nitrogens is 3. The van der Waals surface area contributed by atoms with Gasteiger partial charge in [0.15, 0.2) is 5.82 Å². The van der Waals surface area contributed by atoms with E-state index < -0.39 is 0 Å². The Kier molecular flexibility index (Phi) is 5.35. The van der Waals surface area contributed by atoms with Crippen LogP contribution in [0.25, 0.3) is 0 Å². The molecule has 0 bridgehead atoms. The number of aromatic amines is 1. The van der Waals surface area contributed by atoms with Gasteiger partial charge in [-0.1, -0.05) is 18.5 Å². The molecule has 0 radical (unpaired) electrons. The normalized spacial score (nSPS) is 11.3. The van der Waals surface area contributed by atoms with Crippen LogP contribution in [0.3, 0.4) is 0 Å². The van der Waals surface area contributed by atoms with Crippen LogP contribution >= 0.6 is 23.8 Å². The summed E-state index contributed by atoms with van der Waals surface area (Å²) in [4.78, 5) is 0. The average Bonchev–Trinajstić information content (AvgIpc) is 3.20. The second-order valence-electron chi connectivity index (χ2n) is 5.36. The van der Waals surface area contributed by atoms with Gasteiger partial charge in [-0.2, -0.15) is 14.9 Å². The molecule has 25 heavy (non-hydrogen) atoms. The van der Waals surface area contributed by atoms with Crippen LogP contribution in [0.15, 0.2) is 39.9 Å². The van der Waals surface area contributed by atoms with Gasteiger partial charge in [0.25, 0.3) is 0 Å². The molecule has 8 heteroatoms. The van der Waals surface area contributed by atoms with Gasteiger partial charge in [0, 0.05) is 11.4 Å². The number of nitrogens with one attached hydrogen (secondary N) is 1. The predicted molar refractivity (Wildman–Crippen MR) is 99.0 cm³/mol. The van der Waals surface area contributed by atoms with Crippen LogP contribution in [0.2, 0.25) is 5.02 Å². The topological polar surface area (TPSA) is 68.3 Å². The van der Waals surface area contributed by atoms with E-state index in [1.807, 2.05) is 44.2 Å². The number of furan rings is 1. The average molecular weight is 377 g/mol. The van der Waals surface area contributed by atoms with Crippen LogP contribution in [-0.4, -0.2) is 21.1 Å². The van der Waals surface area contributed by atoms with Crippen LogP contribution in [0.1, 0.15) is 29.8 Å². The van der Waals surface area contributed by atoms with E-state index in [4.69, 9.17) is 33.0 Å². The van der Waals surface area contributed by atoms with Gasteiger partial charge in [-0.25, -0.2) is 0 Å². The summed E-state index contributed by atoms with van der Waals surface area (Å²) >= 11 is 11.2. The van der Waals surface area contributed by atoms with E-state index in [-0.39, 0.29) is 0 Å². The SMILES string of the molecule is CCc1n[nH]c(=S)n1/N=C/c1ccc(COc2ccc(Cl)c(C)c2)o1. The Morgan fingerprint density at radius 2 is 2.24 bits per heavy atom. The van der Waals surface area contributed by atoms with Crippen molar-refractivity contribution in [1.29, 1.82) is 0 Å². The van der Waals surface area contributed by atoms with Gasteiger partial charge in [-0.05, 0) is 55.0 Å². The highest BCUT2D eigenvalue weighted by Crippen LogP contribution is 2.22. The summed E-state index contributed by atoms with van der Waals surface area (Å²) in [5, 5.41) is 11.8. The van der Waals surface area contributed by atoms with E-state index in [0.717, 1.165) is 23.6 Å². The van der Waals surface area contributed by atoms with Crippen molar-refractivity contribution in [2.75, 3.05) is 0 Å². The Hall–Kier alpha value is -2.38. The molecule has 0 spiro atoms. The van der Waals surface area contributed by atoms with Gasteiger partial charge in [-0.15, -0.1) is 0 Å². The fourth-order valence-corrected chi connectivity index (χ4v) is 2.51. The predicted octanol–water partition coefficient (Wildman–Crippen LogP) is 4.52. The first kappa shape index (κ1) is 17.4. The monoisotopic (exact) mass is 376 g/mol. The third-order valence-electron chi connectivity index (χ3n) is 3.53. The molecule has 0 amide bonds. The van der Waals surface area contributed by atoms with Crippen molar-refractivity contribution in [3.8, 4) is 5.75 Å². The standard InChI is InChI=1S/C17H17ClN4O2S/c1-3-16-20-21-17(25)22(16)19-9-13-4-5-14(24-13)10-23-12-6-7-15(18)11(2)8-12/h4-9H,3,10H2,1-2H3,(H,21,25)/b19-9+. The number of halogens is 1. The molecule has 0 aliphatic rings. The summed E-state index contributed by atoms with van der Waals surface area (Å²) in [6.45, 7) is 4.24. The Morgan fingerprint density at radius 3 is 3.00 bits per heavy atom. The van der Waals surface area contributed by atoms with Crippen molar-refractivity contribution in [2.45, 2.75) is 26.9 Å². The molecule has 2 aromatic heterocycles. The summed E-state index contributed by atoms with van der Waals surface area (Å²) in [6.07, 6.45) is 2.32. The molecule has 0 atom stereocenters. The first-order chi connectivity index (χ1) is 12.1. The molecule has 0 fully saturated rings. The largest absolute Gasteiger partial charge is 0.486 e. The lowest BCUT2D eigenvalue weighted by molar-refractivity contribution is 0.269. The Bertz CT molecular complexity index is 958.